The lowest BCUT2D eigenvalue weighted by atomic mass is 10.2. The molecule has 29 heavy (non-hydrogen) atoms. The van der Waals surface area contributed by atoms with E-state index in [-0.39, 0.29) is 12.3 Å². The molecule has 3 rings (SSSR count). The van der Waals surface area contributed by atoms with Crippen molar-refractivity contribution in [2.45, 2.75) is 32.1 Å². The number of carbonyl (C=O) groups is 1. The first-order valence-electron chi connectivity index (χ1n) is 9.82. The first-order valence-corrected chi connectivity index (χ1v) is 11.3. The molecule has 1 aliphatic rings. The Hall–Kier alpha value is -2.38. The molecular formula is C22H28N2O4S. The molecule has 0 aliphatic carbocycles. The zero-order chi connectivity index (χ0) is 21.0. The second kappa shape index (κ2) is 8.97. The number of aryl methyl sites for hydroxylation is 3. The van der Waals surface area contributed by atoms with Gasteiger partial charge >= 0.3 is 0 Å². The summed E-state index contributed by atoms with van der Waals surface area (Å²) in [6.07, 6.45) is 0.275. The van der Waals surface area contributed by atoms with Crippen molar-refractivity contribution in [3.8, 4) is 5.75 Å². The highest BCUT2D eigenvalue weighted by Crippen LogP contribution is 2.22. The van der Waals surface area contributed by atoms with E-state index in [0.29, 0.717) is 37.7 Å². The van der Waals surface area contributed by atoms with Crippen molar-refractivity contribution in [1.29, 1.82) is 0 Å². The number of rotatable bonds is 6. The van der Waals surface area contributed by atoms with E-state index in [1.807, 2.05) is 50.2 Å². The van der Waals surface area contributed by atoms with Gasteiger partial charge in [-0.05, 0) is 55.7 Å². The summed E-state index contributed by atoms with van der Waals surface area (Å²) in [5, 5.41) is 0. The number of carbonyl (C=O) groups excluding carboxylic acids is 1. The predicted octanol–water partition coefficient (Wildman–Crippen LogP) is 2.91. The van der Waals surface area contributed by atoms with Gasteiger partial charge in [0.05, 0.1) is 17.9 Å². The first kappa shape index (κ1) is 21.3. The van der Waals surface area contributed by atoms with E-state index in [2.05, 4.69) is 0 Å². The Balaban J connectivity index is 1.53. The molecule has 2 aromatic rings. The third kappa shape index (κ3) is 5.16. The van der Waals surface area contributed by atoms with Crippen molar-refractivity contribution in [3.05, 3.63) is 59.2 Å². The van der Waals surface area contributed by atoms with Gasteiger partial charge in [-0.15, -0.1) is 0 Å². The van der Waals surface area contributed by atoms with Crippen molar-refractivity contribution in [2.75, 3.05) is 32.8 Å². The van der Waals surface area contributed by atoms with Crippen LogP contribution >= 0.6 is 0 Å². The number of hydrogen-bond acceptors (Lipinski definition) is 4. The van der Waals surface area contributed by atoms with Gasteiger partial charge in [-0.2, -0.15) is 4.31 Å². The van der Waals surface area contributed by atoms with Crippen LogP contribution < -0.4 is 4.74 Å². The Labute approximate surface area is 173 Å². The second-order valence-electron chi connectivity index (χ2n) is 7.47. The average molecular weight is 417 g/mol. The maximum atomic E-state index is 13.0. The molecule has 7 heteroatoms. The van der Waals surface area contributed by atoms with Crippen molar-refractivity contribution in [1.82, 2.24) is 9.21 Å². The van der Waals surface area contributed by atoms with Crippen LogP contribution in [0.5, 0.6) is 5.75 Å². The van der Waals surface area contributed by atoms with Crippen molar-refractivity contribution >= 4 is 15.9 Å². The average Bonchev–Trinajstić information content (AvgIpc) is 2.70. The molecule has 0 spiro atoms. The Kier molecular flexibility index (Phi) is 6.59. The van der Waals surface area contributed by atoms with Gasteiger partial charge in [0.1, 0.15) is 5.75 Å². The third-order valence-electron chi connectivity index (χ3n) is 5.13. The van der Waals surface area contributed by atoms with Crippen LogP contribution in [0.2, 0.25) is 0 Å². The second-order valence-corrected chi connectivity index (χ2v) is 9.38. The lowest BCUT2D eigenvalue weighted by molar-refractivity contribution is -0.132. The maximum Gasteiger partial charge on any atom is 0.243 e. The van der Waals surface area contributed by atoms with Crippen LogP contribution in [0.1, 0.15) is 23.1 Å². The summed E-state index contributed by atoms with van der Waals surface area (Å²) < 4.78 is 33.1. The Morgan fingerprint density at radius 2 is 1.66 bits per heavy atom. The van der Waals surface area contributed by atoms with Gasteiger partial charge in [0.25, 0.3) is 0 Å². The SMILES string of the molecule is Cc1cccc(OCCC(=O)N2CCN(S(=O)(=O)c3cc(C)ccc3C)CC2)c1. The number of hydrogen-bond donors (Lipinski definition) is 0. The van der Waals surface area contributed by atoms with Gasteiger partial charge in [-0.1, -0.05) is 24.3 Å². The molecule has 0 saturated carbocycles. The summed E-state index contributed by atoms with van der Waals surface area (Å²) >= 11 is 0. The summed E-state index contributed by atoms with van der Waals surface area (Å²) in [7, 11) is -3.55. The maximum absolute atomic E-state index is 13.0. The van der Waals surface area contributed by atoms with E-state index in [1.54, 1.807) is 17.9 Å². The fourth-order valence-electron chi connectivity index (χ4n) is 3.42. The highest BCUT2D eigenvalue weighted by atomic mass is 32.2. The normalized spacial score (nSPS) is 15.3. The number of sulfonamides is 1. The molecule has 0 atom stereocenters. The quantitative estimate of drug-likeness (QED) is 0.726. The first-order chi connectivity index (χ1) is 13.8. The Bertz CT molecular complexity index is 980. The molecule has 156 valence electrons. The minimum Gasteiger partial charge on any atom is -0.493 e. The van der Waals surface area contributed by atoms with Gasteiger partial charge in [-0.25, -0.2) is 8.42 Å². The van der Waals surface area contributed by atoms with Crippen LogP contribution in [-0.2, 0) is 14.8 Å². The van der Waals surface area contributed by atoms with E-state index >= 15 is 0 Å². The van der Waals surface area contributed by atoms with Gasteiger partial charge in [0.15, 0.2) is 0 Å². The molecule has 0 unspecified atom stereocenters. The van der Waals surface area contributed by atoms with Gasteiger partial charge < -0.3 is 9.64 Å². The van der Waals surface area contributed by atoms with Crippen molar-refractivity contribution in [2.24, 2.45) is 0 Å². The van der Waals surface area contributed by atoms with Gasteiger partial charge in [0, 0.05) is 26.2 Å². The molecule has 2 aromatic carbocycles. The van der Waals surface area contributed by atoms with Crippen molar-refractivity contribution in [3.63, 3.8) is 0 Å². The van der Waals surface area contributed by atoms with E-state index in [0.717, 1.165) is 22.4 Å². The summed E-state index contributed by atoms with van der Waals surface area (Å²) in [5.41, 5.74) is 2.76. The molecule has 6 nitrogen and oxygen atoms in total. The molecule has 1 amide bonds. The zero-order valence-corrected chi connectivity index (χ0v) is 18.0. The van der Waals surface area contributed by atoms with Crippen molar-refractivity contribution < 1.29 is 17.9 Å². The number of nitrogens with zero attached hydrogens (tertiary/aromatic N) is 2. The smallest absolute Gasteiger partial charge is 0.243 e. The topological polar surface area (TPSA) is 66.9 Å². The molecule has 1 fully saturated rings. The largest absolute Gasteiger partial charge is 0.493 e. The van der Waals surface area contributed by atoms with Crippen LogP contribution in [-0.4, -0.2) is 56.3 Å². The summed E-state index contributed by atoms with van der Waals surface area (Å²) in [5.74, 6) is 0.740. The van der Waals surface area contributed by atoms with E-state index < -0.39 is 10.0 Å². The third-order valence-corrected chi connectivity index (χ3v) is 7.17. The summed E-state index contributed by atoms with van der Waals surface area (Å²) in [6, 6.07) is 13.2. The minimum absolute atomic E-state index is 0.0126. The Morgan fingerprint density at radius 1 is 0.966 bits per heavy atom. The fraction of sp³-hybridized carbons (Fsp3) is 0.409. The fourth-order valence-corrected chi connectivity index (χ4v) is 5.15. The van der Waals surface area contributed by atoms with Crippen LogP contribution in [0.15, 0.2) is 47.4 Å². The summed E-state index contributed by atoms with van der Waals surface area (Å²) in [4.78, 5) is 14.5. The molecular weight excluding hydrogens is 388 g/mol. The van der Waals surface area contributed by atoms with Crippen LogP contribution in [0, 0.1) is 20.8 Å². The number of piperazine rings is 1. The molecule has 0 aromatic heterocycles. The van der Waals surface area contributed by atoms with Gasteiger partial charge in [-0.3, -0.25) is 4.79 Å². The van der Waals surface area contributed by atoms with E-state index in [4.69, 9.17) is 4.74 Å². The molecule has 0 N–H and O–H groups in total. The van der Waals surface area contributed by atoms with Crippen LogP contribution in [0.25, 0.3) is 0 Å². The number of ether oxygens (including phenoxy) is 1. The number of amides is 1. The van der Waals surface area contributed by atoms with Crippen LogP contribution in [0.4, 0.5) is 0 Å². The predicted molar refractivity (Wildman–Crippen MR) is 113 cm³/mol. The number of benzene rings is 2. The van der Waals surface area contributed by atoms with E-state index in [1.165, 1.54) is 4.31 Å². The minimum atomic E-state index is -3.55. The molecule has 1 aliphatic heterocycles. The van der Waals surface area contributed by atoms with Gasteiger partial charge in [0.2, 0.25) is 15.9 Å². The molecule has 0 bridgehead atoms. The van der Waals surface area contributed by atoms with Crippen LogP contribution in [0.3, 0.4) is 0 Å². The molecule has 1 heterocycles. The monoisotopic (exact) mass is 416 g/mol. The van der Waals surface area contributed by atoms with E-state index in [9.17, 15) is 13.2 Å². The standard InChI is InChI=1S/C22H28N2O4S/c1-17-5-4-6-20(15-17)28-14-9-22(25)23-10-12-24(13-11-23)29(26,27)21-16-18(2)7-8-19(21)3/h4-8,15-16H,9-14H2,1-3H3. The lowest BCUT2D eigenvalue weighted by Crippen LogP contribution is -2.50. The molecule has 1 saturated heterocycles. The molecule has 0 radical (unpaired) electrons. The zero-order valence-electron chi connectivity index (χ0n) is 17.2. The highest BCUT2D eigenvalue weighted by molar-refractivity contribution is 7.89. The highest BCUT2D eigenvalue weighted by Gasteiger charge is 2.31. The summed E-state index contributed by atoms with van der Waals surface area (Å²) in [6.45, 7) is 7.39. The lowest BCUT2D eigenvalue weighted by Gasteiger charge is -2.34. The Morgan fingerprint density at radius 3 is 2.34 bits per heavy atom.